The Morgan fingerprint density at radius 1 is 1.42 bits per heavy atom. The first-order valence-electron chi connectivity index (χ1n) is 8.31. The van der Waals surface area contributed by atoms with E-state index in [-0.39, 0.29) is 24.5 Å². The number of nitrogens with zero attached hydrogens (tertiary/aromatic N) is 3. The SMILES string of the molecule is COCC(=O)N1CC(NC(=O)CCn2cc(Cl)cn2)C(C2CC2)C1. The van der Waals surface area contributed by atoms with E-state index in [1.807, 2.05) is 4.90 Å². The Hall–Kier alpha value is -1.60. The van der Waals surface area contributed by atoms with Crippen LogP contribution in [0.3, 0.4) is 0 Å². The normalized spacial score (nSPS) is 23.5. The number of halogens is 1. The maximum absolute atomic E-state index is 12.3. The molecule has 24 heavy (non-hydrogen) atoms. The molecule has 2 atom stereocenters. The molecule has 8 heteroatoms. The first-order valence-corrected chi connectivity index (χ1v) is 8.68. The molecular formula is C16H23ClN4O3. The second-order valence-electron chi connectivity index (χ2n) is 6.58. The smallest absolute Gasteiger partial charge is 0.248 e. The number of aryl methyl sites for hydroxylation is 1. The fraction of sp³-hybridized carbons (Fsp3) is 0.688. The molecule has 7 nitrogen and oxygen atoms in total. The quantitative estimate of drug-likeness (QED) is 0.790. The molecule has 2 fully saturated rings. The standard InChI is InChI=1S/C16H23ClN4O3/c1-24-10-16(23)20-8-13(11-2-3-11)14(9-20)19-15(22)4-5-21-7-12(17)6-18-21/h6-7,11,13-14H,2-5,8-10H2,1H3,(H,19,22). The Morgan fingerprint density at radius 2 is 2.21 bits per heavy atom. The van der Waals surface area contributed by atoms with Gasteiger partial charge in [-0.3, -0.25) is 14.3 Å². The minimum Gasteiger partial charge on any atom is -0.375 e. The van der Waals surface area contributed by atoms with Crippen molar-refractivity contribution in [3.8, 4) is 0 Å². The van der Waals surface area contributed by atoms with E-state index in [0.717, 1.165) is 0 Å². The van der Waals surface area contributed by atoms with Crippen LogP contribution in [0.2, 0.25) is 5.02 Å². The summed E-state index contributed by atoms with van der Waals surface area (Å²) in [4.78, 5) is 26.1. The van der Waals surface area contributed by atoms with E-state index in [0.29, 0.717) is 42.9 Å². The van der Waals surface area contributed by atoms with Crippen LogP contribution >= 0.6 is 11.6 Å². The van der Waals surface area contributed by atoms with E-state index in [1.54, 1.807) is 17.1 Å². The highest BCUT2D eigenvalue weighted by Gasteiger charge is 2.44. The average Bonchev–Trinajstić information content (AvgIpc) is 3.17. The molecule has 0 spiro atoms. The average molecular weight is 355 g/mol. The molecule has 2 unspecified atom stereocenters. The van der Waals surface area contributed by atoms with Crippen molar-refractivity contribution >= 4 is 23.4 Å². The maximum Gasteiger partial charge on any atom is 0.248 e. The van der Waals surface area contributed by atoms with Gasteiger partial charge in [-0.1, -0.05) is 11.6 Å². The Balaban J connectivity index is 1.52. The third-order valence-electron chi connectivity index (χ3n) is 4.73. The molecule has 1 N–H and O–H groups in total. The Labute approximate surface area is 146 Å². The summed E-state index contributed by atoms with van der Waals surface area (Å²) in [5.41, 5.74) is 0. The van der Waals surface area contributed by atoms with Crippen LogP contribution in [0, 0.1) is 11.8 Å². The molecular weight excluding hydrogens is 332 g/mol. The van der Waals surface area contributed by atoms with E-state index < -0.39 is 0 Å². The van der Waals surface area contributed by atoms with Crippen LogP contribution in [0.5, 0.6) is 0 Å². The van der Waals surface area contributed by atoms with Crippen LogP contribution in [-0.2, 0) is 20.9 Å². The van der Waals surface area contributed by atoms with Crippen molar-refractivity contribution in [2.45, 2.75) is 31.8 Å². The predicted molar refractivity (Wildman–Crippen MR) is 88.5 cm³/mol. The van der Waals surface area contributed by atoms with Crippen molar-refractivity contribution in [2.75, 3.05) is 26.8 Å². The molecule has 0 bridgehead atoms. The Kier molecular flexibility index (Phi) is 5.40. The molecule has 2 aliphatic rings. The van der Waals surface area contributed by atoms with Gasteiger partial charge in [0.25, 0.3) is 0 Å². The summed E-state index contributed by atoms with van der Waals surface area (Å²) in [6.45, 7) is 1.87. The Bertz CT molecular complexity index is 602. The molecule has 0 aromatic carbocycles. The second-order valence-corrected chi connectivity index (χ2v) is 7.02. The summed E-state index contributed by atoms with van der Waals surface area (Å²) in [7, 11) is 1.52. The van der Waals surface area contributed by atoms with Crippen molar-refractivity contribution in [2.24, 2.45) is 11.8 Å². The van der Waals surface area contributed by atoms with Crippen molar-refractivity contribution in [3.05, 3.63) is 17.4 Å². The first kappa shape index (κ1) is 17.2. The monoisotopic (exact) mass is 354 g/mol. The number of hydrogen-bond acceptors (Lipinski definition) is 4. The molecule has 1 aliphatic heterocycles. The number of nitrogens with one attached hydrogen (secondary N) is 1. The number of methoxy groups -OCH3 is 1. The fourth-order valence-electron chi connectivity index (χ4n) is 3.36. The molecule has 1 aromatic rings. The van der Waals surface area contributed by atoms with Gasteiger partial charge >= 0.3 is 0 Å². The minimum absolute atomic E-state index is 0.00826. The molecule has 3 rings (SSSR count). The number of hydrogen-bond donors (Lipinski definition) is 1. The topological polar surface area (TPSA) is 76.5 Å². The number of carbonyl (C=O) groups is 2. The van der Waals surface area contributed by atoms with E-state index in [4.69, 9.17) is 16.3 Å². The predicted octanol–water partition coefficient (Wildman–Crippen LogP) is 0.926. The van der Waals surface area contributed by atoms with Gasteiger partial charge < -0.3 is 15.0 Å². The van der Waals surface area contributed by atoms with Crippen molar-refractivity contribution in [1.29, 1.82) is 0 Å². The van der Waals surface area contributed by atoms with Gasteiger partial charge in [0.2, 0.25) is 11.8 Å². The van der Waals surface area contributed by atoms with Crippen LogP contribution in [0.1, 0.15) is 19.3 Å². The van der Waals surface area contributed by atoms with Gasteiger partial charge in [-0.05, 0) is 18.8 Å². The minimum atomic E-state index is -0.0155. The van der Waals surface area contributed by atoms with Gasteiger partial charge in [0.1, 0.15) is 6.61 Å². The van der Waals surface area contributed by atoms with Crippen LogP contribution in [-0.4, -0.2) is 59.3 Å². The number of ether oxygens (including phenoxy) is 1. The van der Waals surface area contributed by atoms with Gasteiger partial charge in [-0.2, -0.15) is 5.10 Å². The van der Waals surface area contributed by atoms with E-state index in [2.05, 4.69) is 10.4 Å². The highest BCUT2D eigenvalue weighted by molar-refractivity contribution is 6.30. The first-order chi connectivity index (χ1) is 11.6. The van der Waals surface area contributed by atoms with Gasteiger partial charge in [0.05, 0.1) is 17.3 Å². The molecule has 2 heterocycles. The lowest BCUT2D eigenvalue weighted by Crippen LogP contribution is -2.42. The summed E-state index contributed by atoms with van der Waals surface area (Å²) in [5, 5.41) is 7.74. The van der Waals surface area contributed by atoms with Gasteiger partial charge in [-0.25, -0.2) is 0 Å². The zero-order valence-corrected chi connectivity index (χ0v) is 14.5. The molecule has 1 saturated heterocycles. The number of likely N-dealkylation sites (tertiary alicyclic amines) is 1. The fourth-order valence-corrected chi connectivity index (χ4v) is 3.51. The molecule has 1 aliphatic carbocycles. The summed E-state index contributed by atoms with van der Waals surface area (Å²) < 4.78 is 6.59. The summed E-state index contributed by atoms with van der Waals surface area (Å²) in [6, 6.07) is 0.0343. The van der Waals surface area contributed by atoms with Crippen LogP contribution in [0.4, 0.5) is 0 Å². The van der Waals surface area contributed by atoms with Crippen LogP contribution in [0.25, 0.3) is 0 Å². The second kappa shape index (κ2) is 7.53. The number of carbonyl (C=O) groups excluding carboxylic acids is 2. The van der Waals surface area contributed by atoms with Crippen LogP contribution < -0.4 is 5.32 Å². The Morgan fingerprint density at radius 3 is 2.83 bits per heavy atom. The molecule has 2 amide bonds. The van der Waals surface area contributed by atoms with E-state index in [1.165, 1.54) is 20.0 Å². The van der Waals surface area contributed by atoms with Crippen molar-refractivity contribution in [1.82, 2.24) is 20.0 Å². The lowest BCUT2D eigenvalue weighted by Gasteiger charge is -2.19. The zero-order chi connectivity index (χ0) is 17.1. The molecule has 132 valence electrons. The van der Waals surface area contributed by atoms with Crippen molar-refractivity contribution < 1.29 is 14.3 Å². The van der Waals surface area contributed by atoms with E-state index >= 15 is 0 Å². The van der Waals surface area contributed by atoms with Gasteiger partial charge in [0.15, 0.2) is 0 Å². The number of aromatic nitrogens is 2. The van der Waals surface area contributed by atoms with E-state index in [9.17, 15) is 9.59 Å². The highest BCUT2D eigenvalue weighted by atomic mass is 35.5. The maximum atomic E-state index is 12.3. The highest BCUT2D eigenvalue weighted by Crippen LogP contribution is 2.41. The third-order valence-corrected chi connectivity index (χ3v) is 4.92. The number of amides is 2. The summed E-state index contributed by atoms with van der Waals surface area (Å²) >= 11 is 5.81. The molecule has 1 saturated carbocycles. The zero-order valence-electron chi connectivity index (χ0n) is 13.8. The largest absolute Gasteiger partial charge is 0.375 e. The lowest BCUT2D eigenvalue weighted by molar-refractivity contribution is -0.134. The molecule has 1 aromatic heterocycles. The van der Waals surface area contributed by atoms with Crippen LogP contribution in [0.15, 0.2) is 12.4 Å². The molecule has 0 radical (unpaired) electrons. The van der Waals surface area contributed by atoms with Gasteiger partial charge in [-0.15, -0.1) is 0 Å². The third kappa shape index (κ3) is 4.27. The number of rotatable bonds is 7. The summed E-state index contributed by atoms with van der Waals surface area (Å²) in [5.74, 6) is 0.957. The van der Waals surface area contributed by atoms with Gasteiger partial charge in [0, 0.05) is 45.3 Å². The summed E-state index contributed by atoms with van der Waals surface area (Å²) in [6.07, 6.45) is 5.98. The lowest BCUT2D eigenvalue weighted by atomic mass is 9.98. The van der Waals surface area contributed by atoms with Crippen molar-refractivity contribution in [3.63, 3.8) is 0 Å².